The van der Waals surface area contributed by atoms with Gasteiger partial charge in [-0.15, -0.1) is 0 Å². The molecule has 6 heteroatoms. The van der Waals surface area contributed by atoms with Gasteiger partial charge in [-0.3, -0.25) is 0 Å². The maximum atomic E-state index is 6.13. The van der Waals surface area contributed by atoms with Crippen LogP contribution in [0.25, 0.3) is 11.0 Å². The number of fused-ring (bicyclic) bond motifs is 1. The molecule has 0 bridgehead atoms. The second kappa shape index (κ2) is 5.80. The second-order valence-corrected chi connectivity index (χ2v) is 6.48. The van der Waals surface area contributed by atoms with E-state index in [1.165, 1.54) is 0 Å². The molecule has 0 fully saturated rings. The fraction of sp³-hybridized carbons (Fsp3) is 0.500. The van der Waals surface area contributed by atoms with Crippen LogP contribution in [0.3, 0.4) is 0 Å². The van der Waals surface area contributed by atoms with Gasteiger partial charge in [0.25, 0.3) is 0 Å². The van der Waals surface area contributed by atoms with Crippen LogP contribution < -0.4 is 5.73 Å². The number of imidazole rings is 1. The maximum Gasteiger partial charge on any atom is 0.201 e. The van der Waals surface area contributed by atoms with E-state index in [2.05, 4.69) is 42.4 Å². The summed E-state index contributed by atoms with van der Waals surface area (Å²) in [6.07, 6.45) is 0. The third-order valence-corrected chi connectivity index (χ3v) is 4.13. The summed E-state index contributed by atoms with van der Waals surface area (Å²) >= 11 is 12.2. The highest BCUT2D eigenvalue weighted by molar-refractivity contribution is 6.42. The van der Waals surface area contributed by atoms with Crippen LogP contribution in [0, 0.1) is 5.92 Å². The predicted octanol–water partition coefficient (Wildman–Crippen LogP) is 3.68. The first-order valence-electron chi connectivity index (χ1n) is 6.58. The van der Waals surface area contributed by atoms with E-state index in [1.54, 1.807) is 6.07 Å². The van der Waals surface area contributed by atoms with Crippen molar-refractivity contribution in [2.24, 2.45) is 5.92 Å². The molecule has 110 valence electrons. The summed E-state index contributed by atoms with van der Waals surface area (Å²) < 4.78 is 2.06. The standard InChI is InChI=1S/C14H20Cl2N4/c1-8(2)13(7-19(3)4)20-12-6-10(16)9(15)5-11(12)18-14(20)17/h5-6,8,13H,7H2,1-4H3,(H2,17,18). The summed E-state index contributed by atoms with van der Waals surface area (Å²) in [7, 11) is 4.10. The van der Waals surface area contributed by atoms with Crippen LogP contribution in [0.15, 0.2) is 12.1 Å². The minimum Gasteiger partial charge on any atom is -0.369 e. The zero-order valence-corrected chi connectivity index (χ0v) is 13.7. The van der Waals surface area contributed by atoms with E-state index in [-0.39, 0.29) is 6.04 Å². The van der Waals surface area contributed by atoms with Crippen LogP contribution in [0.1, 0.15) is 19.9 Å². The van der Waals surface area contributed by atoms with Gasteiger partial charge in [-0.1, -0.05) is 37.0 Å². The summed E-state index contributed by atoms with van der Waals surface area (Å²) in [4.78, 5) is 6.55. The number of hydrogen-bond acceptors (Lipinski definition) is 3. The quantitative estimate of drug-likeness (QED) is 0.936. The monoisotopic (exact) mass is 314 g/mol. The Kier molecular flexibility index (Phi) is 4.47. The number of likely N-dealkylation sites (N-methyl/N-ethyl adjacent to an activating group) is 1. The van der Waals surface area contributed by atoms with Gasteiger partial charge in [0.1, 0.15) is 0 Å². The van der Waals surface area contributed by atoms with Crippen molar-refractivity contribution in [3.63, 3.8) is 0 Å². The van der Waals surface area contributed by atoms with Gasteiger partial charge in [-0.25, -0.2) is 4.98 Å². The summed E-state index contributed by atoms with van der Waals surface area (Å²) in [6, 6.07) is 3.83. The van der Waals surface area contributed by atoms with E-state index in [0.29, 0.717) is 21.9 Å². The number of nitrogens with zero attached hydrogens (tertiary/aromatic N) is 3. The smallest absolute Gasteiger partial charge is 0.201 e. The molecule has 0 aliphatic rings. The fourth-order valence-corrected chi connectivity index (χ4v) is 2.74. The number of nitrogens with two attached hydrogens (primary N) is 1. The SMILES string of the molecule is CC(C)C(CN(C)C)n1c(N)nc2cc(Cl)c(Cl)cc21. The van der Waals surface area contributed by atoms with Crippen molar-refractivity contribution in [1.29, 1.82) is 0 Å². The Hall–Kier alpha value is -0.970. The molecule has 2 N–H and O–H groups in total. The zero-order chi connectivity index (χ0) is 15.0. The number of benzene rings is 1. The van der Waals surface area contributed by atoms with Crippen molar-refractivity contribution in [2.45, 2.75) is 19.9 Å². The summed E-state index contributed by atoms with van der Waals surface area (Å²) in [5.74, 6) is 0.922. The van der Waals surface area contributed by atoms with Gasteiger partial charge in [-0.05, 0) is 32.1 Å². The molecule has 0 radical (unpaired) electrons. The predicted molar refractivity (Wildman–Crippen MR) is 86.6 cm³/mol. The van der Waals surface area contributed by atoms with Gasteiger partial charge in [0, 0.05) is 6.54 Å². The molecule has 0 saturated carbocycles. The molecule has 0 aliphatic heterocycles. The summed E-state index contributed by atoms with van der Waals surface area (Å²) in [5, 5.41) is 1.02. The number of aromatic nitrogens is 2. The Balaban J connectivity index is 2.62. The van der Waals surface area contributed by atoms with Crippen LogP contribution in [0.2, 0.25) is 10.0 Å². The van der Waals surface area contributed by atoms with Crippen LogP contribution in [0.5, 0.6) is 0 Å². The van der Waals surface area contributed by atoms with Crippen molar-refractivity contribution in [3.8, 4) is 0 Å². The van der Waals surface area contributed by atoms with E-state index in [1.807, 2.05) is 6.07 Å². The summed E-state index contributed by atoms with van der Waals surface area (Å²) in [6.45, 7) is 5.24. The van der Waals surface area contributed by atoms with Gasteiger partial charge in [0.15, 0.2) is 0 Å². The molecule has 0 saturated heterocycles. The molecular formula is C14H20Cl2N4. The fourth-order valence-electron chi connectivity index (χ4n) is 2.42. The molecule has 1 unspecified atom stereocenters. The first-order chi connectivity index (χ1) is 9.31. The van der Waals surface area contributed by atoms with Gasteiger partial charge in [0.05, 0.1) is 27.1 Å². The highest BCUT2D eigenvalue weighted by Crippen LogP contribution is 2.33. The first kappa shape index (κ1) is 15.4. The molecule has 1 heterocycles. The molecule has 4 nitrogen and oxygen atoms in total. The molecule has 0 amide bonds. The maximum absolute atomic E-state index is 6.13. The van der Waals surface area contributed by atoms with Gasteiger partial charge >= 0.3 is 0 Å². The Morgan fingerprint density at radius 3 is 2.40 bits per heavy atom. The molecule has 0 spiro atoms. The van der Waals surface area contributed by atoms with E-state index >= 15 is 0 Å². The Bertz CT molecular complexity index is 619. The molecule has 2 rings (SSSR count). The van der Waals surface area contributed by atoms with Crippen LogP contribution in [0.4, 0.5) is 5.95 Å². The highest BCUT2D eigenvalue weighted by atomic mass is 35.5. The van der Waals surface area contributed by atoms with Crippen LogP contribution >= 0.6 is 23.2 Å². The first-order valence-corrected chi connectivity index (χ1v) is 7.34. The Morgan fingerprint density at radius 2 is 1.85 bits per heavy atom. The minimum absolute atomic E-state index is 0.229. The highest BCUT2D eigenvalue weighted by Gasteiger charge is 2.22. The number of halogens is 2. The van der Waals surface area contributed by atoms with E-state index in [4.69, 9.17) is 28.9 Å². The van der Waals surface area contributed by atoms with E-state index in [0.717, 1.165) is 17.6 Å². The van der Waals surface area contributed by atoms with Crippen molar-refractivity contribution >= 4 is 40.2 Å². The molecule has 2 aromatic rings. The minimum atomic E-state index is 0.229. The van der Waals surface area contributed by atoms with Crippen LogP contribution in [-0.2, 0) is 0 Å². The van der Waals surface area contributed by atoms with Gasteiger partial charge < -0.3 is 15.2 Å². The lowest BCUT2D eigenvalue weighted by Crippen LogP contribution is -2.28. The van der Waals surface area contributed by atoms with Crippen molar-refractivity contribution in [1.82, 2.24) is 14.5 Å². The lowest BCUT2D eigenvalue weighted by molar-refractivity contribution is 0.275. The van der Waals surface area contributed by atoms with E-state index in [9.17, 15) is 0 Å². The normalized spacial score (nSPS) is 13.6. The number of rotatable bonds is 4. The van der Waals surface area contributed by atoms with E-state index < -0.39 is 0 Å². The third-order valence-electron chi connectivity index (χ3n) is 3.41. The summed E-state index contributed by atoms with van der Waals surface area (Å²) in [5.41, 5.74) is 7.82. The molecule has 0 aliphatic carbocycles. The van der Waals surface area contributed by atoms with Crippen LogP contribution in [-0.4, -0.2) is 35.1 Å². The average molecular weight is 315 g/mol. The Labute approximate surface area is 129 Å². The third kappa shape index (κ3) is 2.87. The van der Waals surface area contributed by atoms with Crippen molar-refractivity contribution in [2.75, 3.05) is 26.4 Å². The zero-order valence-electron chi connectivity index (χ0n) is 12.2. The molecule has 1 atom stereocenters. The second-order valence-electron chi connectivity index (χ2n) is 5.67. The van der Waals surface area contributed by atoms with Gasteiger partial charge in [0.2, 0.25) is 5.95 Å². The molecule has 20 heavy (non-hydrogen) atoms. The lowest BCUT2D eigenvalue weighted by Gasteiger charge is -2.27. The molecule has 1 aromatic heterocycles. The molecular weight excluding hydrogens is 295 g/mol. The number of anilines is 1. The largest absolute Gasteiger partial charge is 0.369 e. The number of hydrogen-bond donors (Lipinski definition) is 1. The average Bonchev–Trinajstić information content (AvgIpc) is 2.62. The lowest BCUT2D eigenvalue weighted by atomic mass is 10.0. The Morgan fingerprint density at radius 1 is 1.25 bits per heavy atom. The van der Waals surface area contributed by atoms with Crippen molar-refractivity contribution < 1.29 is 0 Å². The number of nitrogen functional groups attached to an aromatic ring is 1. The molecule has 1 aromatic carbocycles. The van der Waals surface area contributed by atoms with Crippen molar-refractivity contribution in [3.05, 3.63) is 22.2 Å². The van der Waals surface area contributed by atoms with Gasteiger partial charge in [-0.2, -0.15) is 0 Å². The topological polar surface area (TPSA) is 47.1 Å².